The zero-order chi connectivity index (χ0) is 12.6. The first-order chi connectivity index (χ1) is 8.41. The van der Waals surface area contributed by atoms with Crippen LogP contribution in [0.25, 0.3) is 0 Å². The average molecular weight is 257 g/mol. The number of rotatable bonds is 12. The molecule has 0 rings (SSSR count). The number of hydrogen-bond donors (Lipinski definition) is 0. The van der Waals surface area contributed by atoms with Gasteiger partial charge >= 0.3 is 0 Å². The van der Waals surface area contributed by atoms with E-state index in [0.29, 0.717) is 0 Å². The molecule has 0 nitrogen and oxygen atoms in total. The summed E-state index contributed by atoms with van der Waals surface area (Å²) in [5.41, 5.74) is 0. The van der Waals surface area contributed by atoms with Crippen LogP contribution in [0.5, 0.6) is 0 Å². The van der Waals surface area contributed by atoms with Crippen molar-refractivity contribution in [3.63, 3.8) is 0 Å². The zero-order valence-corrected chi connectivity index (χ0v) is 12.2. The van der Waals surface area contributed by atoms with Gasteiger partial charge in [0.1, 0.15) is 0 Å². The van der Waals surface area contributed by atoms with Gasteiger partial charge in [0.05, 0.1) is 0 Å². The number of hydrogen-bond acceptors (Lipinski definition) is 0. The van der Waals surface area contributed by atoms with E-state index >= 15 is 0 Å². The van der Waals surface area contributed by atoms with Gasteiger partial charge in [-0.05, 0) is 25.7 Å². The van der Waals surface area contributed by atoms with Gasteiger partial charge in [0.2, 0.25) is 0 Å². The van der Waals surface area contributed by atoms with Gasteiger partial charge in [-0.3, -0.25) is 0 Å². The van der Waals surface area contributed by atoms with Crippen LogP contribution in [-0.2, 0) is 0 Å². The largest absolute Gasteiger partial charge is 0.127 e. The minimum atomic E-state index is 0.770. The average Bonchev–Trinajstić information content (AvgIpc) is 2.35. The van der Waals surface area contributed by atoms with E-state index in [0.717, 1.165) is 18.7 Å². The molecule has 0 aromatic heterocycles. The molecule has 0 N–H and O–H groups in total. The van der Waals surface area contributed by atoms with Gasteiger partial charge in [0, 0.05) is 5.88 Å². The Kier molecular flexibility index (Phi) is 15.6. The van der Waals surface area contributed by atoms with Crippen LogP contribution in [0.3, 0.4) is 0 Å². The molecule has 0 aliphatic rings. The van der Waals surface area contributed by atoms with Gasteiger partial charge in [-0.15, -0.1) is 11.6 Å². The third kappa shape index (κ3) is 15.8. The second-order valence-corrected chi connectivity index (χ2v) is 4.98. The Labute approximate surface area is 113 Å². The van der Waals surface area contributed by atoms with Gasteiger partial charge in [-0.1, -0.05) is 69.8 Å². The van der Waals surface area contributed by atoms with Gasteiger partial charge in [-0.2, -0.15) is 0 Å². The predicted octanol–water partition coefficient (Wildman–Crippen LogP) is 6.26. The molecule has 0 fully saturated rings. The van der Waals surface area contributed by atoms with Crippen LogP contribution in [0.2, 0.25) is 0 Å². The van der Waals surface area contributed by atoms with Crippen molar-refractivity contribution in [1.29, 1.82) is 0 Å². The molecule has 0 aliphatic heterocycles. The lowest BCUT2D eigenvalue weighted by molar-refractivity contribution is 0.592. The first-order valence-corrected chi connectivity index (χ1v) is 7.83. The highest BCUT2D eigenvalue weighted by atomic mass is 35.5. The molecule has 0 aromatic carbocycles. The summed E-state index contributed by atoms with van der Waals surface area (Å²) in [4.78, 5) is 0. The maximum atomic E-state index is 5.59. The lowest BCUT2D eigenvalue weighted by Gasteiger charge is -1.98. The van der Waals surface area contributed by atoms with E-state index in [2.05, 4.69) is 31.2 Å². The highest BCUT2D eigenvalue weighted by molar-refractivity contribution is 6.17. The van der Waals surface area contributed by atoms with E-state index in [4.69, 9.17) is 11.6 Å². The summed E-state index contributed by atoms with van der Waals surface area (Å²) in [7, 11) is 0. The Hall–Kier alpha value is -0.230. The lowest BCUT2D eigenvalue weighted by Crippen LogP contribution is -1.78. The summed E-state index contributed by atoms with van der Waals surface area (Å²) in [5, 5.41) is 0. The summed E-state index contributed by atoms with van der Waals surface area (Å²) < 4.78 is 0. The molecule has 0 aliphatic carbocycles. The van der Waals surface area contributed by atoms with Crippen molar-refractivity contribution in [3.05, 3.63) is 24.3 Å². The molecule has 0 amide bonds. The van der Waals surface area contributed by atoms with E-state index in [1.54, 1.807) is 0 Å². The van der Waals surface area contributed by atoms with Gasteiger partial charge in [-0.25, -0.2) is 0 Å². The Morgan fingerprint density at radius 2 is 1.24 bits per heavy atom. The number of allylic oxidation sites excluding steroid dienone is 4. The molecule has 100 valence electrons. The normalized spacial score (nSPS) is 11.9. The van der Waals surface area contributed by atoms with Gasteiger partial charge in [0.25, 0.3) is 0 Å². The van der Waals surface area contributed by atoms with E-state index in [9.17, 15) is 0 Å². The van der Waals surface area contributed by atoms with Crippen LogP contribution in [0.15, 0.2) is 24.3 Å². The molecule has 0 heterocycles. The van der Waals surface area contributed by atoms with Crippen LogP contribution in [0.1, 0.15) is 71.1 Å². The van der Waals surface area contributed by atoms with Crippen LogP contribution in [0.4, 0.5) is 0 Å². The molecule has 0 spiro atoms. The standard InChI is InChI=1S/C16H29Cl/c1-2-3-4-5-6-7-8-9-10-11-12-13-14-15-16-17/h10-13H,2-9,14-16H2,1H3/b11-10+,13-12+. The molecular formula is C16H29Cl. The smallest absolute Gasteiger partial charge is 0.0226 e. The monoisotopic (exact) mass is 256 g/mol. The molecule has 0 aromatic rings. The van der Waals surface area contributed by atoms with Crippen molar-refractivity contribution in [2.45, 2.75) is 71.1 Å². The number of unbranched alkanes of at least 4 members (excludes halogenated alkanes) is 8. The van der Waals surface area contributed by atoms with E-state index in [-0.39, 0.29) is 0 Å². The Balaban J connectivity index is 3.11. The molecule has 0 atom stereocenters. The molecule has 17 heavy (non-hydrogen) atoms. The van der Waals surface area contributed by atoms with Crippen LogP contribution in [-0.4, -0.2) is 5.88 Å². The summed E-state index contributed by atoms with van der Waals surface area (Å²) in [5.74, 6) is 0.770. The topological polar surface area (TPSA) is 0 Å². The Bertz CT molecular complexity index is 182. The summed E-state index contributed by atoms with van der Waals surface area (Å²) in [6.45, 7) is 2.27. The van der Waals surface area contributed by atoms with Crippen molar-refractivity contribution in [2.75, 3.05) is 5.88 Å². The molecule has 1 heteroatoms. The van der Waals surface area contributed by atoms with Gasteiger partial charge in [0.15, 0.2) is 0 Å². The second kappa shape index (κ2) is 15.8. The van der Waals surface area contributed by atoms with Crippen LogP contribution < -0.4 is 0 Å². The Morgan fingerprint density at radius 3 is 1.82 bits per heavy atom. The zero-order valence-electron chi connectivity index (χ0n) is 11.5. The highest BCUT2D eigenvalue weighted by Crippen LogP contribution is 2.08. The first-order valence-electron chi connectivity index (χ1n) is 7.29. The highest BCUT2D eigenvalue weighted by Gasteiger charge is 1.88. The summed E-state index contributed by atoms with van der Waals surface area (Å²) in [6.07, 6.45) is 22.0. The van der Waals surface area contributed by atoms with Crippen molar-refractivity contribution in [3.8, 4) is 0 Å². The third-order valence-corrected chi connectivity index (χ3v) is 3.13. The molecule has 0 radical (unpaired) electrons. The molecular weight excluding hydrogens is 228 g/mol. The van der Waals surface area contributed by atoms with E-state index < -0.39 is 0 Å². The second-order valence-electron chi connectivity index (χ2n) is 4.60. The van der Waals surface area contributed by atoms with Crippen LogP contribution in [0, 0.1) is 0 Å². The fraction of sp³-hybridized carbons (Fsp3) is 0.750. The van der Waals surface area contributed by atoms with Crippen molar-refractivity contribution >= 4 is 11.6 Å². The fourth-order valence-corrected chi connectivity index (χ4v) is 1.92. The van der Waals surface area contributed by atoms with Crippen molar-refractivity contribution < 1.29 is 0 Å². The maximum absolute atomic E-state index is 5.59. The predicted molar refractivity (Wildman–Crippen MR) is 80.8 cm³/mol. The molecule has 0 bridgehead atoms. The minimum Gasteiger partial charge on any atom is -0.127 e. The summed E-state index contributed by atoms with van der Waals surface area (Å²) in [6, 6.07) is 0. The molecule has 0 saturated heterocycles. The minimum absolute atomic E-state index is 0.770. The van der Waals surface area contributed by atoms with Crippen LogP contribution >= 0.6 is 11.6 Å². The molecule has 0 saturated carbocycles. The summed E-state index contributed by atoms with van der Waals surface area (Å²) >= 11 is 5.59. The number of halogens is 1. The van der Waals surface area contributed by atoms with Crippen molar-refractivity contribution in [1.82, 2.24) is 0 Å². The quantitative estimate of drug-likeness (QED) is 0.220. The third-order valence-electron chi connectivity index (χ3n) is 2.86. The van der Waals surface area contributed by atoms with E-state index in [1.807, 2.05) is 0 Å². The SMILES string of the molecule is CCCCCCCCC/C=C/C=C/CCCCl. The first kappa shape index (κ1) is 16.8. The lowest BCUT2D eigenvalue weighted by atomic mass is 10.1. The van der Waals surface area contributed by atoms with Crippen molar-refractivity contribution in [2.24, 2.45) is 0 Å². The fourth-order valence-electron chi connectivity index (χ4n) is 1.76. The Morgan fingerprint density at radius 1 is 0.706 bits per heavy atom. The molecule has 0 unspecified atom stereocenters. The van der Waals surface area contributed by atoms with Gasteiger partial charge < -0.3 is 0 Å². The van der Waals surface area contributed by atoms with E-state index in [1.165, 1.54) is 51.4 Å². The maximum Gasteiger partial charge on any atom is 0.0226 e. The number of alkyl halides is 1.